The molecule has 23 heavy (non-hydrogen) atoms. The summed E-state index contributed by atoms with van der Waals surface area (Å²) in [7, 11) is 0. The zero-order chi connectivity index (χ0) is 16.6. The number of benzene rings is 2. The van der Waals surface area contributed by atoms with Gasteiger partial charge in [-0.2, -0.15) is 5.10 Å². The van der Waals surface area contributed by atoms with Crippen LogP contribution in [0.3, 0.4) is 0 Å². The summed E-state index contributed by atoms with van der Waals surface area (Å²) in [5.41, 5.74) is 1.39. The average Bonchev–Trinajstić information content (AvgIpc) is 2.88. The van der Waals surface area contributed by atoms with Crippen LogP contribution in [0.15, 0.2) is 53.6 Å². The van der Waals surface area contributed by atoms with Crippen LogP contribution >= 0.6 is 0 Å². The van der Waals surface area contributed by atoms with Crippen LogP contribution in [-0.4, -0.2) is 16.6 Å². The quantitative estimate of drug-likeness (QED) is 0.827. The van der Waals surface area contributed by atoms with Crippen LogP contribution in [0.4, 0.5) is 8.78 Å². The topological polar surface area (TPSA) is 32.7 Å². The summed E-state index contributed by atoms with van der Waals surface area (Å²) < 4.78 is 27.6. The first-order valence-electron chi connectivity index (χ1n) is 7.37. The predicted octanol–water partition coefficient (Wildman–Crippen LogP) is 3.91. The normalized spacial score (nSPS) is 20.5. The van der Waals surface area contributed by atoms with Crippen molar-refractivity contribution in [1.29, 1.82) is 0 Å². The second kappa shape index (κ2) is 5.91. The zero-order valence-corrected chi connectivity index (χ0v) is 12.8. The van der Waals surface area contributed by atoms with E-state index >= 15 is 0 Å². The Kier molecular flexibility index (Phi) is 3.94. The Labute approximate surface area is 133 Å². The Morgan fingerprint density at radius 2 is 1.83 bits per heavy atom. The Hall–Kier alpha value is -2.56. The average molecular weight is 314 g/mol. The lowest BCUT2D eigenvalue weighted by Gasteiger charge is -2.24. The van der Waals surface area contributed by atoms with Crippen molar-refractivity contribution in [2.45, 2.75) is 19.9 Å². The molecular weight excluding hydrogens is 298 g/mol. The molecule has 0 radical (unpaired) electrons. The summed E-state index contributed by atoms with van der Waals surface area (Å²) in [6.07, 6.45) is 0. The van der Waals surface area contributed by atoms with E-state index in [2.05, 4.69) is 5.10 Å². The van der Waals surface area contributed by atoms with Crippen molar-refractivity contribution in [3.63, 3.8) is 0 Å². The fourth-order valence-corrected chi connectivity index (χ4v) is 2.97. The molecular formula is C18H16F2N2O. The van der Waals surface area contributed by atoms with Crippen LogP contribution in [-0.2, 0) is 4.79 Å². The van der Waals surface area contributed by atoms with E-state index in [0.717, 1.165) is 23.8 Å². The molecule has 0 bridgehead atoms. The van der Waals surface area contributed by atoms with Crippen LogP contribution in [0, 0.1) is 17.6 Å². The van der Waals surface area contributed by atoms with Crippen LogP contribution in [0.5, 0.6) is 0 Å². The van der Waals surface area contributed by atoms with Gasteiger partial charge in [0, 0.05) is 18.4 Å². The number of rotatable bonds is 2. The van der Waals surface area contributed by atoms with Gasteiger partial charge in [0.1, 0.15) is 11.6 Å². The highest BCUT2D eigenvalue weighted by Gasteiger charge is 2.38. The molecule has 0 spiro atoms. The van der Waals surface area contributed by atoms with Gasteiger partial charge in [0.25, 0.3) is 0 Å². The molecule has 1 heterocycles. The Bertz CT molecular complexity index is 774. The Balaban J connectivity index is 2.08. The van der Waals surface area contributed by atoms with Gasteiger partial charge in [-0.3, -0.25) is 4.79 Å². The molecule has 2 aromatic carbocycles. The molecule has 3 nitrogen and oxygen atoms in total. The summed E-state index contributed by atoms with van der Waals surface area (Å²) in [4.78, 5) is 12.0. The van der Waals surface area contributed by atoms with Gasteiger partial charge >= 0.3 is 0 Å². The SMILES string of the molecule is CC(=O)N1N=C(c2cc(F)ccc2F)[C@@H](C)[C@@H]1c1ccccc1. The molecule has 0 saturated carbocycles. The van der Waals surface area contributed by atoms with E-state index in [9.17, 15) is 13.6 Å². The number of carbonyl (C=O) groups excluding carboxylic acids is 1. The summed E-state index contributed by atoms with van der Waals surface area (Å²) in [6.45, 7) is 3.28. The van der Waals surface area contributed by atoms with Crippen molar-refractivity contribution in [2.24, 2.45) is 11.0 Å². The van der Waals surface area contributed by atoms with Gasteiger partial charge in [0.15, 0.2) is 0 Å². The molecule has 0 aliphatic carbocycles. The minimum atomic E-state index is -0.547. The lowest BCUT2D eigenvalue weighted by molar-refractivity contribution is -0.131. The van der Waals surface area contributed by atoms with E-state index in [1.54, 1.807) is 0 Å². The molecule has 0 N–H and O–H groups in total. The van der Waals surface area contributed by atoms with E-state index in [1.807, 2.05) is 37.3 Å². The molecule has 0 unspecified atom stereocenters. The van der Waals surface area contributed by atoms with Crippen molar-refractivity contribution in [3.8, 4) is 0 Å². The van der Waals surface area contributed by atoms with Crippen molar-refractivity contribution in [2.75, 3.05) is 0 Å². The number of carbonyl (C=O) groups is 1. The smallest absolute Gasteiger partial charge is 0.240 e. The highest BCUT2D eigenvalue weighted by molar-refractivity contribution is 6.04. The summed E-state index contributed by atoms with van der Waals surface area (Å²) in [5, 5.41) is 5.64. The molecule has 2 atom stereocenters. The molecule has 0 saturated heterocycles. The fourth-order valence-electron chi connectivity index (χ4n) is 2.97. The van der Waals surface area contributed by atoms with Gasteiger partial charge in [-0.05, 0) is 23.8 Å². The number of hydrazone groups is 1. The second-order valence-electron chi connectivity index (χ2n) is 5.62. The van der Waals surface area contributed by atoms with E-state index in [1.165, 1.54) is 11.9 Å². The van der Waals surface area contributed by atoms with Gasteiger partial charge in [-0.1, -0.05) is 37.3 Å². The third-order valence-electron chi connectivity index (χ3n) is 4.05. The number of hydrogen-bond acceptors (Lipinski definition) is 2. The van der Waals surface area contributed by atoms with E-state index < -0.39 is 11.6 Å². The number of halogens is 2. The van der Waals surface area contributed by atoms with Crippen LogP contribution in [0.2, 0.25) is 0 Å². The molecule has 3 rings (SSSR count). The highest BCUT2D eigenvalue weighted by Crippen LogP contribution is 2.37. The minimum absolute atomic E-state index is 0.0992. The van der Waals surface area contributed by atoms with Crippen LogP contribution < -0.4 is 0 Å². The van der Waals surface area contributed by atoms with Crippen molar-refractivity contribution < 1.29 is 13.6 Å². The number of hydrogen-bond donors (Lipinski definition) is 0. The minimum Gasteiger partial charge on any atom is -0.273 e. The lowest BCUT2D eigenvalue weighted by atomic mass is 9.88. The molecule has 5 heteroatoms. The standard InChI is InChI=1S/C18H16F2N2O/c1-11-17(15-10-14(19)8-9-16(15)20)21-22(12(2)23)18(11)13-6-4-3-5-7-13/h3-11,18H,1-2H3/t11-,18-/m1/s1. The van der Waals surface area contributed by atoms with Crippen molar-refractivity contribution in [1.82, 2.24) is 5.01 Å². The number of nitrogens with zero attached hydrogens (tertiary/aromatic N) is 2. The summed E-state index contributed by atoms with van der Waals surface area (Å²) >= 11 is 0. The molecule has 0 aromatic heterocycles. The van der Waals surface area contributed by atoms with E-state index in [-0.39, 0.29) is 23.4 Å². The van der Waals surface area contributed by atoms with Gasteiger partial charge in [0.2, 0.25) is 5.91 Å². The molecule has 1 aliphatic rings. The van der Waals surface area contributed by atoms with Gasteiger partial charge < -0.3 is 0 Å². The van der Waals surface area contributed by atoms with E-state index in [4.69, 9.17) is 0 Å². The van der Waals surface area contributed by atoms with Crippen molar-refractivity contribution >= 4 is 11.6 Å². The maximum Gasteiger partial charge on any atom is 0.240 e. The third kappa shape index (κ3) is 2.74. The van der Waals surface area contributed by atoms with E-state index in [0.29, 0.717) is 5.71 Å². The first-order chi connectivity index (χ1) is 11.0. The zero-order valence-electron chi connectivity index (χ0n) is 12.8. The molecule has 0 fully saturated rings. The molecule has 2 aromatic rings. The van der Waals surface area contributed by atoms with Gasteiger partial charge in [-0.25, -0.2) is 13.8 Å². The third-order valence-corrected chi connectivity index (χ3v) is 4.05. The monoisotopic (exact) mass is 314 g/mol. The van der Waals surface area contributed by atoms with Crippen LogP contribution in [0.25, 0.3) is 0 Å². The van der Waals surface area contributed by atoms with Crippen molar-refractivity contribution in [3.05, 3.63) is 71.3 Å². The lowest BCUT2D eigenvalue weighted by Crippen LogP contribution is -2.28. The maximum atomic E-state index is 14.1. The maximum absolute atomic E-state index is 14.1. The summed E-state index contributed by atoms with van der Waals surface area (Å²) in [5.74, 6) is -1.57. The molecule has 118 valence electrons. The highest BCUT2D eigenvalue weighted by atomic mass is 19.1. The summed E-state index contributed by atoms with van der Waals surface area (Å²) in [6, 6.07) is 12.4. The van der Waals surface area contributed by atoms with Crippen LogP contribution in [0.1, 0.15) is 31.0 Å². The largest absolute Gasteiger partial charge is 0.273 e. The first-order valence-corrected chi connectivity index (χ1v) is 7.37. The second-order valence-corrected chi connectivity index (χ2v) is 5.62. The van der Waals surface area contributed by atoms with Gasteiger partial charge in [-0.15, -0.1) is 0 Å². The molecule has 1 amide bonds. The Morgan fingerprint density at radius 1 is 1.13 bits per heavy atom. The molecule has 1 aliphatic heterocycles. The number of amides is 1. The first kappa shape index (κ1) is 15.3. The van der Waals surface area contributed by atoms with Gasteiger partial charge in [0.05, 0.1) is 11.8 Å². The predicted molar refractivity (Wildman–Crippen MR) is 83.8 cm³/mol. The fraction of sp³-hybridized carbons (Fsp3) is 0.222. The Morgan fingerprint density at radius 3 is 2.48 bits per heavy atom.